The van der Waals surface area contributed by atoms with Crippen molar-refractivity contribution in [3.8, 4) is 11.5 Å². The van der Waals surface area contributed by atoms with Crippen LogP contribution in [-0.2, 0) is 6.54 Å². The summed E-state index contributed by atoms with van der Waals surface area (Å²) in [5, 5.41) is 3.76. The van der Waals surface area contributed by atoms with Gasteiger partial charge in [0.1, 0.15) is 0 Å². The monoisotopic (exact) mass is 286 g/mol. The Balaban J connectivity index is 2.77. The van der Waals surface area contributed by atoms with Gasteiger partial charge in [-0.25, -0.2) is 0 Å². The molecule has 0 saturated heterocycles. The summed E-state index contributed by atoms with van der Waals surface area (Å²) < 4.78 is 11.2. The maximum atomic E-state index is 6.07. The van der Waals surface area contributed by atoms with Gasteiger partial charge in [-0.1, -0.05) is 11.6 Å². The van der Waals surface area contributed by atoms with Crippen LogP contribution in [0.5, 0.6) is 11.5 Å². The summed E-state index contributed by atoms with van der Waals surface area (Å²) in [4.78, 5) is 2.14. The second kappa shape index (κ2) is 8.25. The van der Waals surface area contributed by atoms with E-state index in [-0.39, 0.29) is 0 Å². The van der Waals surface area contributed by atoms with Crippen molar-refractivity contribution in [2.24, 2.45) is 0 Å². The Morgan fingerprint density at radius 3 is 2.63 bits per heavy atom. The van der Waals surface area contributed by atoms with Crippen LogP contribution >= 0.6 is 11.6 Å². The highest BCUT2D eigenvalue weighted by Crippen LogP contribution is 2.34. The van der Waals surface area contributed by atoms with Crippen molar-refractivity contribution in [2.45, 2.75) is 13.0 Å². The van der Waals surface area contributed by atoms with E-state index < -0.39 is 0 Å². The minimum atomic E-state index is 0.655. The molecule has 108 valence electrons. The van der Waals surface area contributed by atoms with E-state index >= 15 is 0 Å². The Kier molecular flexibility index (Phi) is 6.99. The number of rotatable bonds is 8. The van der Waals surface area contributed by atoms with Crippen LogP contribution in [0.2, 0.25) is 5.02 Å². The number of benzene rings is 1. The summed E-state index contributed by atoms with van der Waals surface area (Å²) in [5.74, 6) is 1.46. The van der Waals surface area contributed by atoms with E-state index in [1.54, 1.807) is 13.2 Å². The second-order valence-corrected chi connectivity index (χ2v) is 5.07. The van der Waals surface area contributed by atoms with E-state index in [1.165, 1.54) is 0 Å². The zero-order chi connectivity index (χ0) is 14.3. The molecule has 0 saturated carbocycles. The standard InChI is InChI=1S/C14H23ClN2O2/c1-16-10-11-8-12(15)9-13(18-4)14(11)19-7-5-6-17(2)3/h8-9,16H,5-7,10H2,1-4H3. The van der Waals surface area contributed by atoms with Crippen molar-refractivity contribution in [2.75, 3.05) is 41.4 Å². The summed E-state index contributed by atoms with van der Waals surface area (Å²) in [5.41, 5.74) is 1.01. The van der Waals surface area contributed by atoms with Crippen LogP contribution in [0.3, 0.4) is 0 Å². The maximum Gasteiger partial charge on any atom is 0.165 e. The number of methoxy groups -OCH3 is 1. The van der Waals surface area contributed by atoms with Gasteiger partial charge >= 0.3 is 0 Å². The largest absolute Gasteiger partial charge is 0.493 e. The van der Waals surface area contributed by atoms with Gasteiger partial charge in [-0.05, 0) is 33.6 Å². The molecule has 0 aromatic heterocycles. The Bertz CT molecular complexity index is 397. The lowest BCUT2D eigenvalue weighted by Gasteiger charge is -2.16. The molecule has 1 aromatic rings. The molecule has 1 rings (SSSR count). The molecule has 0 aliphatic rings. The zero-order valence-corrected chi connectivity index (χ0v) is 12.9. The molecule has 5 heteroatoms. The fourth-order valence-corrected chi connectivity index (χ4v) is 2.05. The highest BCUT2D eigenvalue weighted by atomic mass is 35.5. The van der Waals surface area contributed by atoms with Gasteiger partial charge in [-0.15, -0.1) is 0 Å². The van der Waals surface area contributed by atoms with Crippen molar-refractivity contribution >= 4 is 11.6 Å². The Hall–Kier alpha value is -0.970. The van der Waals surface area contributed by atoms with Crippen LogP contribution in [0, 0.1) is 0 Å². The second-order valence-electron chi connectivity index (χ2n) is 4.63. The summed E-state index contributed by atoms with van der Waals surface area (Å²) in [7, 11) is 7.62. The summed E-state index contributed by atoms with van der Waals surface area (Å²) in [6.07, 6.45) is 0.970. The van der Waals surface area contributed by atoms with Gasteiger partial charge in [-0.3, -0.25) is 0 Å². The van der Waals surface area contributed by atoms with E-state index in [0.717, 1.165) is 24.3 Å². The molecule has 0 aliphatic heterocycles. The first kappa shape index (κ1) is 16.1. The van der Waals surface area contributed by atoms with Crippen molar-refractivity contribution in [1.29, 1.82) is 0 Å². The van der Waals surface area contributed by atoms with Gasteiger partial charge in [0.15, 0.2) is 11.5 Å². The molecule has 0 bridgehead atoms. The first-order valence-corrected chi connectivity index (χ1v) is 6.74. The highest BCUT2D eigenvalue weighted by molar-refractivity contribution is 6.30. The number of hydrogen-bond donors (Lipinski definition) is 1. The quantitative estimate of drug-likeness (QED) is 0.744. The third-order valence-corrected chi connectivity index (χ3v) is 2.90. The van der Waals surface area contributed by atoms with E-state index in [1.807, 2.05) is 13.1 Å². The molecule has 0 aliphatic carbocycles. The predicted octanol–water partition coefficient (Wildman–Crippen LogP) is 2.40. The molecule has 0 atom stereocenters. The van der Waals surface area contributed by atoms with Crippen LogP contribution in [0.25, 0.3) is 0 Å². The van der Waals surface area contributed by atoms with Gasteiger partial charge in [0.25, 0.3) is 0 Å². The van der Waals surface area contributed by atoms with Gasteiger partial charge in [-0.2, -0.15) is 0 Å². The lowest BCUT2D eigenvalue weighted by Crippen LogP contribution is -2.16. The first-order chi connectivity index (χ1) is 9.08. The SMILES string of the molecule is CNCc1cc(Cl)cc(OC)c1OCCCN(C)C. The fourth-order valence-electron chi connectivity index (χ4n) is 1.81. The smallest absolute Gasteiger partial charge is 0.165 e. The summed E-state index contributed by atoms with van der Waals surface area (Å²) >= 11 is 6.07. The number of nitrogens with one attached hydrogen (secondary N) is 1. The Morgan fingerprint density at radius 2 is 2.05 bits per heavy atom. The van der Waals surface area contributed by atoms with E-state index in [2.05, 4.69) is 24.3 Å². The predicted molar refractivity (Wildman–Crippen MR) is 79.4 cm³/mol. The number of halogens is 1. The molecule has 0 fully saturated rings. The van der Waals surface area contributed by atoms with Crippen LogP contribution in [-0.4, -0.2) is 46.3 Å². The molecule has 1 aromatic carbocycles. The number of hydrogen-bond acceptors (Lipinski definition) is 4. The maximum absolute atomic E-state index is 6.07. The van der Waals surface area contributed by atoms with E-state index in [4.69, 9.17) is 21.1 Å². The minimum Gasteiger partial charge on any atom is -0.493 e. The van der Waals surface area contributed by atoms with Gasteiger partial charge in [0.2, 0.25) is 0 Å². The molecule has 0 heterocycles. The molecule has 0 amide bonds. The van der Waals surface area contributed by atoms with Crippen molar-refractivity contribution in [3.05, 3.63) is 22.7 Å². The molecule has 19 heavy (non-hydrogen) atoms. The summed E-state index contributed by atoms with van der Waals surface area (Å²) in [6, 6.07) is 3.68. The third kappa shape index (κ3) is 5.27. The fraction of sp³-hybridized carbons (Fsp3) is 0.571. The lowest BCUT2D eigenvalue weighted by atomic mass is 10.2. The number of nitrogens with zero attached hydrogens (tertiary/aromatic N) is 1. The summed E-state index contributed by atoms with van der Waals surface area (Å²) in [6.45, 7) is 2.35. The molecule has 4 nitrogen and oxygen atoms in total. The first-order valence-electron chi connectivity index (χ1n) is 6.37. The molecular weight excluding hydrogens is 264 g/mol. The van der Waals surface area contributed by atoms with Gasteiger partial charge < -0.3 is 19.7 Å². The zero-order valence-electron chi connectivity index (χ0n) is 12.1. The molecular formula is C14H23ClN2O2. The molecule has 1 N–H and O–H groups in total. The average molecular weight is 287 g/mol. The van der Waals surface area contributed by atoms with Gasteiger partial charge in [0.05, 0.1) is 13.7 Å². The third-order valence-electron chi connectivity index (χ3n) is 2.68. The van der Waals surface area contributed by atoms with Gasteiger partial charge in [0, 0.05) is 29.7 Å². The van der Waals surface area contributed by atoms with Crippen molar-refractivity contribution in [1.82, 2.24) is 10.2 Å². The Morgan fingerprint density at radius 1 is 1.32 bits per heavy atom. The number of ether oxygens (including phenoxy) is 2. The Labute approximate surface area is 120 Å². The normalized spacial score (nSPS) is 10.8. The van der Waals surface area contributed by atoms with E-state index in [0.29, 0.717) is 23.9 Å². The van der Waals surface area contributed by atoms with Crippen LogP contribution in [0.1, 0.15) is 12.0 Å². The molecule has 0 radical (unpaired) electrons. The highest BCUT2D eigenvalue weighted by Gasteiger charge is 2.12. The van der Waals surface area contributed by atoms with E-state index in [9.17, 15) is 0 Å². The van der Waals surface area contributed by atoms with Crippen LogP contribution in [0.4, 0.5) is 0 Å². The lowest BCUT2D eigenvalue weighted by molar-refractivity contribution is 0.265. The average Bonchev–Trinajstić information content (AvgIpc) is 2.36. The molecule has 0 unspecified atom stereocenters. The van der Waals surface area contributed by atoms with Crippen LogP contribution in [0.15, 0.2) is 12.1 Å². The topological polar surface area (TPSA) is 33.7 Å². The molecule has 0 spiro atoms. The minimum absolute atomic E-state index is 0.655. The van der Waals surface area contributed by atoms with Crippen molar-refractivity contribution in [3.63, 3.8) is 0 Å². The van der Waals surface area contributed by atoms with Crippen LogP contribution < -0.4 is 14.8 Å². The van der Waals surface area contributed by atoms with Crippen molar-refractivity contribution < 1.29 is 9.47 Å².